The average Bonchev–Trinajstić information content (AvgIpc) is 3.23. The molecule has 1 saturated heterocycles. The van der Waals surface area contributed by atoms with E-state index in [4.69, 9.17) is 13.3 Å². The number of rotatable bonds is 9. The highest BCUT2D eigenvalue weighted by Gasteiger charge is 2.44. The Kier molecular flexibility index (Phi) is 9.02. The standard InChI is InChI=1S/C26H36N2O8SSi/c1-19-7-13-24(14-8-19)37(32,33)35-18-22-15-23(36-38(5,6)26(2,3)4)16-27(22)25(29)34-17-20-9-11-21(12-10-20)28(30)31/h7-14,22-23H,15-18H2,1-6H3/t22-,23-/m0/s1. The van der Waals surface area contributed by atoms with Crippen molar-refractivity contribution in [1.82, 2.24) is 4.90 Å². The molecule has 1 fully saturated rings. The van der Waals surface area contributed by atoms with Crippen LogP contribution in [0.4, 0.5) is 10.5 Å². The van der Waals surface area contributed by atoms with Gasteiger partial charge in [-0.2, -0.15) is 8.42 Å². The Hall–Kier alpha value is -2.80. The van der Waals surface area contributed by atoms with Crippen LogP contribution in [0, 0.1) is 17.0 Å². The number of benzene rings is 2. The molecule has 0 unspecified atom stereocenters. The van der Waals surface area contributed by atoms with Crippen LogP contribution in [-0.4, -0.2) is 57.9 Å². The van der Waals surface area contributed by atoms with Crippen LogP contribution in [0.3, 0.4) is 0 Å². The lowest BCUT2D eigenvalue weighted by Gasteiger charge is -2.38. The van der Waals surface area contributed by atoms with Crippen LogP contribution in [0.25, 0.3) is 0 Å². The smallest absolute Gasteiger partial charge is 0.410 e. The van der Waals surface area contributed by atoms with Gasteiger partial charge < -0.3 is 14.1 Å². The van der Waals surface area contributed by atoms with Crippen LogP contribution < -0.4 is 0 Å². The second kappa shape index (κ2) is 11.5. The summed E-state index contributed by atoms with van der Waals surface area (Å²) in [6, 6.07) is 11.5. The SMILES string of the molecule is Cc1ccc(S(=O)(=O)OC[C@@H]2C[C@H](O[Si](C)(C)C(C)(C)C)CN2C(=O)OCc2ccc([N+](=O)[O-])cc2)cc1. The zero-order chi connectivity index (χ0) is 28.3. The van der Waals surface area contributed by atoms with E-state index in [1.165, 1.54) is 41.3 Å². The van der Waals surface area contributed by atoms with E-state index in [1.54, 1.807) is 12.1 Å². The van der Waals surface area contributed by atoms with E-state index in [-0.39, 0.29) is 41.5 Å². The van der Waals surface area contributed by atoms with Crippen molar-refractivity contribution in [3.05, 3.63) is 69.8 Å². The van der Waals surface area contributed by atoms with Gasteiger partial charge in [-0.05, 0) is 61.3 Å². The summed E-state index contributed by atoms with van der Waals surface area (Å²) >= 11 is 0. The first-order chi connectivity index (χ1) is 17.6. The van der Waals surface area contributed by atoms with Crippen molar-refractivity contribution in [3.8, 4) is 0 Å². The number of hydrogen-bond donors (Lipinski definition) is 0. The summed E-state index contributed by atoms with van der Waals surface area (Å²) in [5.41, 5.74) is 1.46. The number of nitro groups is 1. The van der Waals surface area contributed by atoms with Gasteiger partial charge >= 0.3 is 6.09 Å². The lowest BCUT2D eigenvalue weighted by Crippen LogP contribution is -2.45. The number of amides is 1. The maximum atomic E-state index is 13.1. The van der Waals surface area contributed by atoms with Crippen molar-refractivity contribution in [2.45, 2.75) is 75.9 Å². The second-order valence-corrected chi connectivity index (χ2v) is 17.4. The summed E-state index contributed by atoms with van der Waals surface area (Å²) in [6.07, 6.45) is -0.521. The molecule has 1 aliphatic rings. The molecule has 0 aliphatic carbocycles. The van der Waals surface area contributed by atoms with E-state index >= 15 is 0 Å². The van der Waals surface area contributed by atoms with Crippen molar-refractivity contribution in [3.63, 3.8) is 0 Å². The Morgan fingerprint density at radius 2 is 1.71 bits per heavy atom. The van der Waals surface area contributed by atoms with Crippen LogP contribution in [0.2, 0.25) is 18.1 Å². The monoisotopic (exact) mass is 564 g/mol. The van der Waals surface area contributed by atoms with Gasteiger partial charge in [0.2, 0.25) is 0 Å². The van der Waals surface area contributed by atoms with Crippen LogP contribution in [0.15, 0.2) is 53.4 Å². The highest BCUT2D eigenvalue weighted by molar-refractivity contribution is 7.86. The fourth-order valence-corrected chi connectivity index (χ4v) is 6.12. The first-order valence-corrected chi connectivity index (χ1v) is 16.7. The van der Waals surface area contributed by atoms with E-state index in [1.807, 2.05) is 6.92 Å². The molecule has 0 bridgehead atoms. The molecule has 2 aromatic rings. The largest absolute Gasteiger partial charge is 0.445 e. The number of aryl methyl sites for hydroxylation is 1. The van der Waals surface area contributed by atoms with Crippen LogP contribution in [-0.2, 0) is 30.1 Å². The Morgan fingerprint density at radius 1 is 1.11 bits per heavy atom. The molecule has 1 amide bonds. The zero-order valence-electron chi connectivity index (χ0n) is 22.7. The third-order valence-corrected chi connectivity index (χ3v) is 12.9. The number of hydrogen-bond acceptors (Lipinski definition) is 8. The molecule has 0 spiro atoms. The minimum atomic E-state index is -4.02. The highest BCUT2D eigenvalue weighted by atomic mass is 32.2. The maximum absolute atomic E-state index is 13.1. The summed E-state index contributed by atoms with van der Waals surface area (Å²) < 4.78 is 42.9. The van der Waals surface area contributed by atoms with E-state index in [2.05, 4.69) is 33.9 Å². The maximum Gasteiger partial charge on any atom is 0.410 e. The molecule has 0 aromatic heterocycles. The number of carbonyl (C=O) groups excluding carboxylic acids is 1. The third kappa shape index (κ3) is 7.40. The molecule has 38 heavy (non-hydrogen) atoms. The molecule has 1 heterocycles. The summed E-state index contributed by atoms with van der Waals surface area (Å²) in [7, 11) is -6.18. The first-order valence-electron chi connectivity index (χ1n) is 12.4. The fourth-order valence-electron chi connectivity index (χ4n) is 3.82. The normalized spacial score (nSPS) is 18.4. The van der Waals surface area contributed by atoms with Crippen LogP contribution >= 0.6 is 0 Å². The average molecular weight is 565 g/mol. The third-order valence-electron chi connectivity index (χ3n) is 7.11. The predicted molar refractivity (Wildman–Crippen MR) is 145 cm³/mol. The molecule has 12 heteroatoms. The minimum absolute atomic E-state index is 0.0440. The second-order valence-electron chi connectivity index (χ2n) is 11.1. The van der Waals surface area contributed by atoms with Crippen molar-refractivity contribution >= 4 is 30.2 Å². The number of carbonyl (C=O) groups is 1. The van der Waals surface area contributed by atoms with Crippen LogP contribution in [0.5, 0.6) is 0 Å². The Labute approximate surface area is 225 Å². The lowest BCUT2D eigenvalue weighted by molar-refractivity contribution is -0.384. The molecule has 2 aromatic carbocycles. The molecular weight excluding hydrogens is 528 g/mol. The summed E-state index contributed by atoms with van der Waals surface area (Å²) in [6.45, 7) is 12.4. The molecule has 0 saturated carbocycles. The molecule has 0 N–H and O–H groups in total. The number of nitrogens with zero attached hydrogens (tertiary/aromatic N) is 2. The highest BCUT2D eigenvalue weighted by Crippen LogP contribution is 2.39. The topological polar surface area (TPSA) is 125 Å². The molecule has 2 atom stereocenters. The van der Waals surface area contributed by atoms with Gasteiger partial charge in [-0.1, -0.05) is 38.5 Å². The van der Waals surface area contributed by atoms with Gasteiger partial charge in [0, 0.05) is 18.7 Å². The first kappa shape index (κ1) is 29.7. The molecule has 1 aliphatic heterocycles. The van der Waals surface area contributed by atoms with E-state index in [0.717, 1.165) is 5.56 Å². The Morgan fingerprint density at radius 3 is 2.26 bits per heavy atom. The minimum Gasteiger partial charge on any atom is -0.445 e. The quantitative estimate of drug-likeness (QED) is 0.171. The molecule has 208 valence electrons. The molecule has 3 rings (SSSR count). The zero-order valence-corrected chi connectivity index (χ0v) is 24.5. The Bertz CT molecular complexity index is 1240. The molecular formula is C26H36N2O8SSi. The summed E-state index contributed by atoms with van der Waals surface area (Å²) in [5.74, 6) is 0. The van der Waals surface area contributed by atoms with Crippen LogP contribution in [0.1, 0.15) is 38.3 Å². The fraction of sp³-hybridized carbons (Fsp3) is 0.500. The number of nitro benzene ring substituents is 1. The van der Waals surface area contributed by atoms with Gasteiger partial charge in [0.25, 0.3) is 15.8 Å². The number of likely N-dealkylation sites (tertiary alicyclic amines) is 1. The van der Waals surface area contributed by atoms with E-state index in [0.29, 0.717) is 12.0 Å². The Balaban J connectivity index is 1.72. The van der Waals surface area contributed by atoms with Gasteiger partial charge in [-0.25, -0.2) is 4.79 Å². The van der Waals surface area contributed by atoms with Crippen molar-refractivity contribution in [1.29, 1.82) is 0 Å². The van der Waals surface area contributed by atoms with E-state index < -0.39 is 35.5 Å². The molecule has 10 nitrogen and oxygen atoms in total. The van der Waals surface area contributed by atoms with Gasteiger partial charge in [-0.15, -0.1) is 0 Å². The molecule has 0 radical (unpaired) electrons. The summed E-state index contributed by atoms with van der Waals surface area (Å²) in [4.78, 5) is 25.0. The van der Waals surface area contributed by atoms with Gasteiger partial charge in [0.05, 0.1) is 28.6 Å². The lowest BCUT2D eigenvalue weighted by atomic mass is 10.2. The van der Waals surface area contributed by atoms with Gasteiger partial charge in [0.15, 0.2) is 8.32 Å². The van der Waals surface area contributed by atoms with E-state index in [9.17, 15) is 23.3 Å². The van der Waals surface area contributed by atoms with Crippen molar-refractivity contribution in [2.24, 2.45) is 0 Å². The van der Waals surface area contributed by atoms with Gasteiger partial charge in [-0.3, -0.25) is 14.3 Å². The van der Waals surface area contributed by atoms with Gasteiger partial charge in [0.1, 0.15) is 6.61 Å². The number of ether oxygens (including phenoxy) is 1. The number of non-ortho nitro benzene ring substituents is 1. The predicted octanol–water partition coefficient (Wildman–Crippen LogP) is 5.41. The van der Waals surface area contributed by atoms with Crippen molar-refractivity contribution in [2.75, 3.05) is 13.2 Å². The summed E-state index contributed by atoms with van der Waals surface area (Å²) in [5, 5.41) is 10.8. The van der Waals surface area contributed by atoms with Crippen molar-refractivity contribution < 1.29 is 31.5 Å².